The molecule has 1 atom stereocenters. The molecule has 1 N–H and O–H groups in total. The minimum atomic E-state index is -0.415. The van der Waals surface area contributed by atoms with Gasteiger partial charge in [0.25, 0.3) is 5.56 Å². The highest BCUT2D eigenvalue weighted by atomic mass is 35.5. The summed E-state index contributed by atoms with van der Waals surface area (Å²) in [4.78, 5) is 35.5. The number of rotatable bonds is 9. The normalized spacial score (nSPS) is 12.2. The Hall–Kier alpha value is -2.61. The van der Waals surface area contributed by atoms with Gasteiger partial charge in [0.1, 0.15) is 5.82 Å². The number of fused-ring (bicyclic) bond motifs is 1. The second kappa shape index (κ2) is 11.7. The Bertz CT molecular complexity index is 1210. The topological polar surface area (TPSA) is 70.5 Å². The highest BCUT2D eigenvalue weighted by molar-refractivity contribution is 6.43. The number of aromatic nitrogens is 2. The van der Waals surface area contributed by atoms with Gasteiger partial charge in [0.15, 0.2) is 0 Å². The minimum Gasteiger partial charge on any atom is -0.313 e. The lowest BCUT2D eigenvalue weighted by molar-refractivity contribution is 0.171. The molecule has 0 fully saturated rings. The molecular formula is C25H31Cl2N5O2. The standard InChI is InChI=1S/C25H31Cl2N5O2/c1-5-14-32-23(28-19-12-8-7-10-17(19)24(32)33)21(6-2)31(16-15-30(3)4)25(34)29-20-13-9-11-18(26)22(20)27/h7-13,21H,5-6,14-16H2,1-4H3,(H,29,34). The van der Waals surface area contributed by atoms with Crippen molar-refractivity contribution in [3.05, 3.63) is 68.7 Å². The first-order chi connectivity index (χ1) is 16.3. The van der Waals surface area contributed by atoms with E-state index in [-0.39, 0.29) is 16.6 Å². The minimum absolute atomic E-state index is 0.0910. The van der Waals surface area contributed by atoms with Gasteiger partial charge in [0.05, 0.1) is 32.7 Å². The molecular weight excluding hydrogens is 473 g/mol. The zero-order valence-electron chi connectivity index (χ0n) is 20.0. The molecule has 0 aliphatic rings. The Labute approximate surface area is 210 Å². The van der Waals surface area contributed by atoms with Gasteiger partial charge in [-0.25, -0.2) is 9.78 Å². The van der Waals surface area contributed by atoms with Crippen molar-refractivity contribution in [2.75, 3.05) is 32.5 Å². The lowest BCUT2D eigenvalue weighted by Gasteiger charge is -2.33. The van der Waals surface area contributed by atoms with Crippen LogP contribution in [0, 0.1) is 0 Å². The third kappa shape index (κ3) is 5.71. The van der Waals surface area contributed by atoms with Gasteiger partial charge in [-0.1, -0.05) is 55.2 Å². The van der Waals surface area contributed by atoms with E-state index in [0.717, 1.165) is 6.42 Å². The summed E-state index contributed by atoms with van der Waals surface area (Å²) in [6, 6.07) is 11.7. The molecule has 2 aromatic carbocycles. The summed E-state index contributed by atoms with van der Waals surface area (Å²) in [5.74, 6) is 0.583. The van der Waals surface area contributed by atoms with Gasteiger partial charge in [-0.15, -0.1) is 0 Å². The van der Waals surface area contributed by atoms with Gasteiger partial charge in [-0.3, -0.25) is 9.36 Å². The van der Waals surface area contributed by atoms with E-state index in [4.69, 9.17) is 28.2 Å². The maximum atomic E-state index is 13.6. The lowest BCUT2D eigenvalue weighted by Crippen LogP contribution is -2.44. The summed E-state index contributed by atoms with van der Waals surface area (Å²) in [6.45, 7) is 5.60. The largest absolute Gasteiger partial charge is 0.322 e. The fourth-order valence-corrected chi connectivity index (χ4v) is 4.26. The van der Waals surface area contributed by atoms with Gasteiger partial charge in [-0.2, -0.15) is 0 Å². The summed E-state index contributed by atoms with van der Waals surface area (Å²) in [6.07, 6.45) is 1.35. The van der Waals surface area contributed by atoms with E-state index >= 15 is 0 Å². The van der Waals surface area contributed by atoms with Crippen LogP contribution in [0.4, 0.5) is 10.5 Å². The van der Waals surface area contributed by atoms with Crippen LogP contribution in [0.5, 0.6) is 0 Å². The first kappa shape index (κ1) is 26.0. The van der Waals surface area contributed by atoms with E-state index in [1.165, 1.54) is 0 Å². The van der Waals surface area contributed by atoms with Crippen LogP contribution in [-0.2, 0) is 6.54 Å². The molecule has 0 saturated heterocycles. The van der Waals surface area contributed by atoms with Gasteiger partial charge < -0.3 is 15.1 Å². The molecule has 2 amide bonds. The van der Waals surface area contributed by atoms with Crippen LogP contribution in [0.25, 0.3) is 10.9 Å². The molecule has 0 saturated carbocycles. The number of carbonyl (C=O) groups is 1. The van der Waals surface area contributed by atoms with Crippen molar-refractivity contribution in [1.29, 1.82) is 0 Å². The number of carbonyl (C=O) groups excluding carboxylic acids is 1. The van der Waals surface area contributed by atoms with Gasteiger partial charge in [0.2, 0.25) is 0 Å². The van der Waals surface area contributed by atoms with E-state index in [2.05, 4.69) is 5.32 Å². The SMILES string of the molecule is CCCn1c(C(CC)N(CCN(C)C)C(=O)Nc2cccc(Cl)c2Cl)nc2ccccc2c1=O. The van der Waals surface area contributed by atoms with E-state index < -0.39 is 6.04 Å². The third-order valence-corrected chi connectivity index (χ3v) is 6.46. The number of likely N-dealkylation sites (N-methyl/N-ethyl adjacent to an activating group) is 1. The Morgan fingerprint density at radius 3 is 2.50 bits per heavy atom. The summed E-state index contributed by atoms with van der Waals surface area (Å²) in [5.41, 5.74) is 0.965. The van der Waals surface area contributed by atoms with Crippen LogP contribution in [0.1, 0.15) is 38.6 Å². The molecule has 1 aromatic heterocycles. The molecule has 182 valence electrons. The molecule has 34 heavy (non-hydrogen) atoms. The molecule has 0 aliphatic heterocycles. The maximum Gasteiger partial charge on any atom is 0.322 e. The molecule has 1 unspecified atom stereocenters. The molecule has 7 nitrogen and oxygen atoms in total. The number of benzene rings is 2. The van der Waals surface area contributed by atoms with Crippen LogP contribution in [0.15, 0.2) is 47.3 Å². The van der Waals surface area contributed by atoms with Crippen molar-refractivity contribution < 1.29 is 4.79 Å². The Morgan fingerprint density at radius 2 is 1.82 bits per heavy atom. The molecule has 0 bridgehead atoms. The summed E-state index contributed by atoms with van der Waals surface area (Å²) < 4.78 is 1.71. The highest BCUT2D eigenvalue weighted by Crippen LogP contribution is 2.31. The molecule has 3 rings (SSSR count). The Balaban J connectivity index is 2.09. The summed E-state index contributed by atoms with van der Waals surface area (Å²) >= 11 is 12.5. The van der Waals surface area contributed by atoms with Crippen LogP contribution < -0.4 is 10.9 Å². The van der Waals surface area contributed by atoms with Crippen LogP contribution in [-0.4, -0.2) is 52.6 Å². The number of anilines is 1. The zero-order chi connectivity index (χ0) is 24.8. The van der Waals surface area contributed by atoms with Crippen molar-refractivity contribution in [3.8, 4) is 0 Å². The van der Waals surface area contributed by atoms with Crippen molar-refractivity contribution in [3.63, 3.8) is 0 Å². The average molecular weight is 504 g/mol. The van der Waals surface area contributed by atoms with E-state index in [1.807, 2.05) is 51.0 Å². The Morgan fingerprint density at radius 1 is 1.09 bits per heavy atom. The first-order valence-corrected chi connectivity index (χ1v) is 12.2. The number of halogens is 2. The maximum absolute atomic E-state index is 13.6. The first-order valence-electron chi connectivity index (χ1n) is 11.4. The van der Waals surface area contributed by atoms with E-state index in [9.17, 15) is 9.59 Å². The number of nitrogens with zero attached hydrogens (tertiary/aromatic N) is 4. The predicted molar refractivity (Wildman–Crippen MR) is 140 cm³/mol. The van der Waals surface area contributed by atoms with Crippen molar-refractivity contribution in [1.82, 2.24) is 19.4 Å². The molecule has 9 heteroatoms. The zero-order valence-corrected chi connectivity index (χ0v) is 21.5. The average Bonchev–Trinajstić information content (AvgIpc) is 2.81. The summed E-state index contributed by atoms with van der Waals surface area (Å²) in [7, 11) is 3.90. The highest BCUT2D eigenvalue weighted by Gasteiger charge is 2.29. The fourth-order valence-electron chi connectivity index (χ4n) is 3.92. The van der Waals surface area contributed by atoms with E-state index in [1.54, 1.807) is 33.7 Å². The molecule has 3 aromatic rings. The smallest absolute Gasteiger partial charge is 0.313 e. The van der Waals surface area contributed by atoms with Crippen molar-refractivity contribution in [2.45, 2.75) is 39.3 Å². The summed E-state index contributed by atoms with van der Waals surface area (Å²) in [5, 5.41) is 4.12. The van der Waals surface area contributed by atoms with Gasteiger partial charge >= 0.3 is 6.03 Å². The quantitative estimate of drug-likeness (QED) is 0.408. The fraction of sp³-hybridized carbons (Fsp3) is 0.400. The Kier molecular flexibility index (Phi) is 8.94. The number of urea groups is 1. The monoisotopic (exact) mass is 503 g/mol. The predicted octanol–water partition coefficient (Wildman–Crippen LogP) is 5.66. The number of amides is 2. The third-order valence-electron chi connectivity index (χ3n) is 5.64. The van der Waals surface area contributed by atoms with Crippen LogP contribution in [0.3, 0.4) is 0 Å². The number of nitrogens with one attached hydrogen (secondary N) is 1. The number of hydrogen-bond acceptors (Lipinski definition) is 4. The van der Waals surface area contributed by atoms with Crippen molar-refractivity contribution >= 4 is 45.8 Å². The van der Waals surface area contributed by atoms with Crippen molar-refractivity contribution in [2.24, 2.45) is 0 Å². The second-order valence-corrected chi connectivity index (χ2v) is 9.18. The van der Waals surface area contributed by atoms with E-state index in [0.29, 0.717) is 53.5 Å². The number of para-hydroxylation sites is 1. The molecule has 0 radical (unpaired) electrons. The van der Waals surface area contributed by atoms with Crippen LogP contribution in [0.2, 0.25) is 10.0 Å². The van der Waals surface area contributed by atoms with Gasteiger partial charge in [0, 0.05) is 19.6 Å². The molecule has 0 spiro atoms. The number of hydrogen-bond donors (Lipinski definition) is 1. The second-order valence-electron chi connectivity index (χ2n) is 8.40. The van der Waals surface area contributed by atoms with Gasteiger partial charge in [-0.05, 0) is 51.2 Å². The molecule has 0 aliphatic carbocycles. The molecule has 1 heterocycles. The lowest BCUT2D eigenvalue weighted by atomic mass is 10.1. The van der Waals surface area contributed by atoms with Crippen LogP contribution >= 0.6 is 23.2 Å².